The van der Waals surface area contributed by atoms with Crippen LogP contribution in [0.2, 0.25) is 0 Å². The predicted octanol–water partition coefficient (Wildman–Crippen LogP) is 2.91. The first kappa shape index (κ1) is 11.7. The molecular formula is C13H11NO2S. The lowest BCUT2D eigenvalue weighted by atomic mass is 10.2. The predicted molar refractivity (Wildman–Crippen MR) is 69.3 cm³/mol. The van der Waals surface area contributed by atoms with Crippen molar-refractivity contribution in [2.75, 3.05) is 6.54 Å². The Morgan fingerprint density at radius 3 is 2.59 bits per heavy atom. The number of benzene rings is 1. The summed E-state index contributed by atoms with van der Waals surface area (Å²) in [5.74, 6) is -0.247. The van der Waals surface area contributed by atoms with Crippen LogP contribution in [0.5, 0.6) is 0 Å². The van der Waals surface area contributed by atoms with Crippen LogP contribution in [-0.2, 0) is 4.79 Å². The zero-order valence-electron chi connectivity index (χ0n) is 9.13. The van der Waals surface area contributed by atoms with E-state index in [4.69, 9.17) is 0 Å². The Bertz CT molecular complexity index is 493. The first-order valence-electron chi connectivity index (χ1n) is 5.13. The summed E-state index contributed by atoms with van der Waals surface area (Å²) in [5, 5.41) is -0.239. The van der Waals surface area contributed by atoms with Crippen LogP contribution < -0.4 is 0 Å². The Labute approximate surface area is 104 Å². The van der Waals surface area contributed by atoms with Crippen LogP contribution in [0.25, 0.3) is 6.08 Å². The van der Waals surface area contributed by atoms with Crippen LogP contribution in [0, 0.1) is 0 Å². The molecule has 0 aliphatic carbocycles. The number of hydrogen-bond acceptors (Lipinski definition) is 3. The molecule has 0 spiro atoms. The van der Waals surface area contributed by atoms with Crippen molar-refractivity contribution in [2.24, 2.45) is 0 Å². The molecule has 0 aromatic heterocycles. The SMILES string of the molecule is C=CCN1C(=O)S/C(=C/c2ccccc2)C1=O. The quantitative estimate of drug-likeness (QED) is 0.607. The summed E-state index contributed by atoms with van der Waals surface area (Å²) in [4.78, 5) is 25.1. The number of rotatable bonds is 3. The lowest BCUT2D eigenvalue weighted by Crippen LogP contribution is -2.27. The second-order valence-corrected chi connectivity index (χ2v) is 4.48. The van der Waals surface area contributed by atoms with Crippen molar-refractivity contribution in [2.45, 2.75) is 0 Å². The van der Waals surface area contributed by atoms with Crippen molar-refractivity contribution in [3.63, 3.8) is 0 Å². The van der Waals surface area contributed by atoms with Crippen LogP contribution >= 0.6 is 11.8 Å². The van der Waals surface area contributed by atoms with E-state index in [-0.39, 0.29) is 17.7 Å². The van der Waals surface area contributed by atoms with Crippen molar-refractivity contribution in [1.29, 1.82) is 0 Å². The molecule has 1 aromatic carbocycles. The van der Waals surface area contributed by atoms with E-state index in [0.29, 0.717) is 4.91 Å². The van der Waals surface area contributed by atoms with Crippen molar-refractivity contribution in [3.05, 3.63) is 53.5 Å². The van der Waals surface area contributed by atoms with Gasteiger partial charge < -0.3 is 0 Å². The van der Waals surface area contributed by atoms with Crippen LogP contribution in [0.4, 0.5) is 4.79 Å². The van der Waals surface area contributed by atoms with Crippen molar-refractivity contribution < 1.29 is 9.59 Å². The fourth-order valence-corrected chi connectivity index (χ4v) is 2.34. The molecule has 0 N–H and O–H groups in total. The van der Waals surface area contributed by atoms with Gasteiger partial charge in [-0.05, 0) is 23.4 Å². The number of carbonyl (C=O) groups is 2. The van der Waals surface area contributed by atoms with E-state index < -0.39 is 0 Å². The zero-order valence-corrected chi connectivity index (χ0v) is 9.94. The monoisotopic (exact) mass is 245 g/mol. The minimum atomic E-state index is -0.247. The smallest absolute Gasteiger partial charge is 0.268 e. The summed E-state index contributed by atoms with van der Waals surface area (Å²) in [6.45, 7) is 3.79. The number of nitrogens with zero attached hydrogens (tertiary/aromatic N) is 1. The molecule has 2 rings (SSSR count). The lowest BCUT2D eigenvalue weighted by Gasteiger charge is -2.07. The van der Waals surface area contributed by atoms with Gasteiger partial charge in [0.05, 0.1) is 4.91 Å². The molecule has 1 aromatic rings. The highest BCUT2D eigenvalue weighted by Crippen LogP contribution is 2.31. The molecule has 0 saturated carbocycles. The van der Waals surface area contributed by atoms with E-state index in [2.05, 4.69) is 6.58 Å². The number of hydrogen-bond donors (Lipinski definition) is 0. The molecule has 2 amide bonds. The normalized spacial score (nSPS) is 17.9. The Balaban J connectivity index is 2.25. The third kappa shape index (κ3) is 2.47. The highest BCUT2D eigenvalue weighted by molar-refractivity contribution is 8.18. The topological polar surface area (TPSA) is 37.4 Å². The van der Waals surface area contributed by atoms with Gasteiger partial charge in [-0.2, -0.15) is 0 Å². The zero-order chi connectivity index (χ0) is 12.3. The summed E-state index contributed by atoms with van der Waals surface area (Å²) in [7, 11) is 0. The molecule has 1 heterocycles. The Morgan fingerprint density at radius 1 is 1.24 bits per heavy atom. The van der Waals surface area contributed by atoms with E-state index in [1.165, 1.54) is 4.90 Å². The fraction of sp³-hybridized carbons (Fsp3) is 0.0769. The van der Waals surface area contributed by atoms with Gasteiger partial charge in [-0.25, -0.2) is 0 Å². The maximum absolute atomic E-state index is 11.9. The van der Waals surface area contributed by atoms with Gasteiger partial charge in [0, 0.05) is 6.54 Å². The van der Waals surface area contributed by atoms with Gasteiger partial charge in [-0.15, -0.1) is 6.58 Å². The summed E-state index contributed by atoms with van der Waals surface area (Å²) >= 11 is 0.967. The minimum Gasteiger partial charge on any atom is -0.268 e. The van der Waals surface area contributed by atoms with Gasteiger partial charge in [0.1, 0.15) is 0 Å². The van der Waals surface area contributed by atoms with Crippen LogP contribution in [-0.4, -0.2) is 22.6 Å². The third-order valence-corrected chi connectivity index (χ3v) is 3.19. The van der Waals surface area contributed by atoms with Gasteiger partial charge in [0.2, 0.25) is 0 Å². The molecule has 86 valence electrons. The number of amides is 2. The van der Waals surface area contributed by atoms with Gasteiger partial charge in [-0.3, -0.25) is 14.5 Å². The van der Waals surface area contributed by atoms with Crippen molar-refractivity contribution in [3.8, 4) is 0 Å². The first-order chi connectivity index (χ1) is 8.22. The molecule has 3 nitrogen and oxygen atoms in total. The molecule has 4 heteroatoms. The molecule has 1 saturated heterocycles. The van der Waals surface area contributed by atoms with E-state index >= 15 is 0 Å². The molecule has 0 radical (unpaired) electrons. The standard InChI is InChI=1S/C13H11NO2S/c1-2-8-14-12(15)11(17-13(14)16)9-10-6-4-3-5-7-10/h2-7,9H,1,8H2/b11-9+. The Morgan fingerprint density at radius 2 is 1.94 bits per heavy atom. The summed E-state index contributed by atoms with van der Waals surface area (Å²) in [5.41, 5.74) is 0.914. The second-order valence-electron chi connectivity index (χ2n) is 3.49. The summed E-state index contributed by atoms with van der Waals surface area (Å²) in [6.07, 6.45) is 3.27. The molecular weight excluding hydrogens is 234 g/mol. The van der Waals surface area contributed by atoms with Crippen LogP contribution in [0.1, 0.15) is 5.56 Å². The highest BCUT2D eigenvalue weighted by atomic mass is 32.2. The van der Waals surface area contributed by atoms with Crippen molar-refractivity contribution in [1.82, 2.24) is 4.90 Å². The average molecular weight is 245 g/mol. The van der Waals surface area contributed by atoms with Gasteiger partial charge in [0.15, 0.2) is 0 Å². The van der Waals surface area contributed by atoms with Gasteiger partial charge >= 0.3 is 0 Å². The van der Waals surface area contributed by atoms with E-state index in [1.54, 1.807) is 12.2 Å². The largest absolute Gasteiger partial charge is 0.293 e. The maximum Gasteiger partial charge on any atom is 0.293 e. The summed E-state index contributed by atoms with van der Waals surface area (Å²) < 4.78 is 0. The number of carbonyl (C=O) groups excluding carboxylic acids is 2. The van der Waals surface area contributed by atoms with Gasteiger partial charge in [-0.1, -0.05) is 36.4 Å². The molecule has 1 fully saturated rings. The molecule has 1 aliphatic heterocycles. The van der Waals surface area contributed by atoms with Gasteiger partial charge in [0.25, 0.3) is 11.1 Å². The molecule has 0 atom stereocenters. The number of thioether (sulfide) groups is 1. The van der Waals surface area contributed by atoms with E-state index in [0.717, 1.165) is 17.3 Å². The Kier molecular flexibility index (Phi) is 3.44. The minimum absolute atomic E-state index is 0.239. The van der Waals surface area contributed by atoms with Crippen molar-refractivity contribution >= 4 is 29.0 Å². The summed E-state index contributed by atoms with van der Waals surface area (Å²) in [6, 6.07) is 9.46. The molecule has 0 unspecified atom stereocenters. The number of imide groups is 1. The van der Waals surface area contributed by atoms with Crippen LogP contribution in [0.3, 0.4) is 0 Å². The molecule has 17 heavy (non-hydrogen) atoms. The molecule has 0 bridgehead atoms. The first-order valence-corrected chi connectivity index (χ1v) is 5.95. The maximum atomic E-state index is 11.9. The second kappa shape index (κ2) is 5.01. The van der Waals surface area contributed by atoms with Crippen LogP contribution in [0.15, 0.2) is 47.9 Å². The highest BCUT2D eigenvalue weighted by Gasteiger charge is 2.33. The molecule has 1 aliphatic rings. The van der Waals surface area contributed by atoms with E-state index in [1.807, 2.05) is 30.3 Å². The fourth-order valence-electron chi connectivity index (χ4n) is 1.49. The lowest BCUT2D eigenvalue weighted by molar-refractivity contribution is -0.122. The third-order valence-electron chi connectivity index (χ3n) is 2.28. The Hall–Kier alpha value is -1.81. The van der Waals surface area contributed by atoms with E-state index in [9.17, 15) is 9.59 Å². The average Bonchev–Trinajstić information content (AvgIpc) is 2.59.